The Hall–Kier alpha value is -0.870. The number of hydrogen-bond acceptors (Lipinski definition) is 3. The molecule has 0 aliphatic rings. The van der Waals surface area contributed by atoms with Gasteiger partial charge in [-0.3, -0.25) is 0 Å². The van der Waals surface area contributed by atoms with Gasteiger partial charge in [-0.05, 0) is 36.2 Å². The third kappa shape index (κ3) is 3.37. The number of aryl methyl sites for hydroxylation is 1. The Morgan fingerprint density at radius 2 is 1.89 bits per heavy atom. The summed E-state index contributed by atoms with van der Waals surface area (Å²) in [5, 5.41) is 11.2. The van der Waals surface area contributed by atoms with E-state index in [0.717, 1.165) is 16.9 Å². The molecule has 2 aromatic rings. The van der Waals surface area contributed by atoms with Crippen LogP contribution >= 0.6 is 22.9 Å². The highest BCUT2D eigenvalue weighted by Crippen LogP contribution is 2.34. The minimum absolute atomic E-state index is 0.0966. The molecular formula is C15H18ClNOS. The Morgan fingerprint density at radius 1 is 1.21 bits per heavy atom. The van der Waals surface area contributed by atoms with Gasteiger partial charge in [0.1, 0.15) is 0 Å². The molecule has 0 bridgehead atoms. The molecule has 0 spiro atoms. The van der Waals surface area contributed by atoms with Crippen LogP contribution < -0.4 is 5.73 Å². The number of hydrogen-bond donors (Lipinski definition) is 2. The fourth-order valence-electron chi connectivity index (χ4n) is 2.10. The number of halogens is 1. The summed E-state index contributed by atoms with van der Waals surface area (Å²) in [5.74, 6) is -0.0966. The second-order valence-electron chi connectivity index (χ2n) is 4.50. The van der Waals surface area contributed by atoms with Gasteiger partial charge in [0.2, 0.25) is 0 Å². The summed E-state index contributed by atoms with van der Waals surface area (Å²) in [7, 11) is 0. The monoisotopic (exact) mass is 295 g/mol. The molecule has 19 heavy (non-hydrogen) atoms. The topological polar surface area (TPSA) is 46.2 Å². The van der Waals surface area contributed by atoms with Crippen molar-refractivity contribution in [1.29, 1.82) is 0 Å². The van der Waals surface area contributed by atoms with E-state index in [9.17, 15) is 5.11 Å². The zero-order valence-corrected chi connectivity index (χ0v) is 12.4. The molecule has 0 aliphatic heterocycles. The lowest BCUT2D eigenvalue weighted by Crippen LogP contribution is -2.19. The van der Waals surface area contributed by atoms with E-state index in [1.807, 2.05) is 30.3 Å². The SMILES string of the molecule is CCc1ccc(C(O)C(CN)c2ccc(Cl)cc2)s1. The van der Waals surface area contributed by atoms with Crippen molar-refractivity contribution in [2.24, 2.45) is 5.73 Å². The molecule has 1 aromatic heterocycles. The van der Waals surface area contributed by atoms with Gasteiger partial charge in [0.05, 0.1) is 6.10 Å². The summed E-state index contributed by atoms with van der Waals surface area (Å²) in [6.45, 7) is 2.52. The summed E-state index contributed by atoms with van der Waals surface area (Å²) < 4.78 is 0. The molecule has 0 saturated carbocycles. The third-order valence-electron chi connectivity index (χ3n) is 3.26. The van der Waals surface area contributed by atoms with Crippen molar-refractivity contribution < 1.29 is 5.11 Å². The van der Waals surface area contributed by atoms with E-state index < -0.39 is 6.10 Å². The van der Waals surface area contributed by atoms with Crippen molar-refractivity contribution in [3.8, 4) is 0 Å². The molecule has 1 aromatic carbocycles. The lowest BCUT2D eigenvalue weighted by molar-refractivity contribution is 0.151. The molecule has 2 unspecified atom stereocenters. The largest absolute Gasteiger partial charge is 0.387 e. The quantitative estimate of drug-likeness (QED) is 0.882. The van der Waals surface area contributed by atoms with Gasteiger partial charge in [0, 0.05) is 27.2 Å². The van der Waals surface area contributed by atoms with Gasteiger partial charge in [0.25, 0.3) is 0 Å². The number of nitrogens with two attached hydrogens (primary N) is 1. The van der Waals surface area contributed by atoms with Crippen molar-refractivity contribution in [2.45, 2.75) is 25.4 Å². The maximum absolute atomic E-state index is 10.5. The minimum atomic E-state index is -0.559. The lowest BCUT2D eigenvalue weighted by atomic mass is 9.92. The fraction of sp³-hybridized carbons (Fsp3) is 0.333. The predicted octanol–water partition coefficient (Wildman–Crippen LogP) is 3.74. The summed E-state index contributed by atoms with van der Waals surface area (Å²) in [4.78, 5) is 2.25. The van der Waals surface area contributed by atoms with Crippen LogP contribution in [0.3, 0.4) is 0 Å². The number of aliphatic hydroxyl groups excluding tert-OH is 1. The first-order valence-corrected chi connectivity index (χ1v) is 7.57. The first-order chi connectivity index (χ1) is 9.15. The van der Waals surface area contributed by atoms with Gasteiger partial charge in [-0.15, -0.1) is 11.3 Å². The second-order valence-corrected chi connectivity index (χ2v) is 6.13. The Balaban J connectivity index is 2.23. The molecule has 4 heteroatoms. The molecule has 0 saturated heterocycles. The first-order valence-electron chi connectivity index (χ1n) is 6.38. The predicted molar refractivity (Wildman–Crippen MR) is 81.9 cm³/mol. The van der Waals surface area contributed by atoms with Gasteiger partial charge in [0.15, 0.2) is 0 Å². The smallest absolute Gasteiger partial charge is 0.0962 e. The van der Waals surface area contributed by atoms with Crippen LogP contribution in [0.1, 0.15) is 34.3 Å². The maximum atomic E-state index is 10.5. The summed E-state index contributed by atoms with van der Waals surface area (Å²) in [6.07, 6.45) is 0.433. The molecule has 0 amide bonds. The van der Waals surface area contributed by atoms with Gasteiger partial charge >= 0.3 is 0 Å². The van der Waals surface area contributed by atoms with Gasteiger partial charge in [-0.1, -0.05) is 30.7 Å². The van der Waals surface area contributed by atoms with E-state index in [2.05, 4.69) is 13.0 Å². The average molecular weight is 296 g/mol. The van der Waals surface area contributed by atoms with Crippen molar-refractivity contribution in [2.75, 3.05) is 6.54 Å². The summed E-state index contributed by atoms with van der Waals surface area (Å²) in [6, 6.07) is 11.6. The molecule has 2 rings (SSSR count). The highest BCUT2D eigenvalue weighted by atomic mass is 35.5. The zero-order valence-electron chi connectivity index (χ0n) is 10.8. The maximum Gasteiger partial charge on any atom is 0.0962 e. The van der Waals surface area contributed by atoms with E-state index in [4.69, 9.17) is 17.3 Å². The Morgan fingerprint density at radius 3 is 2.42 bits per heavy atom. The Bertz CT molecular complexity index is 523. The fourth-order valence-corrected chi connectivity index (χ4v) is 3.23. The highest BCUT2D eigenvalue weighted by molar-refractivity contribution is 7.12. The number of thiophene rings is 1. The molecule has 0 radical (unpaired) electrons. The van der Waals surface area contributed by atoms with Crippen LogP contribution in [0.4, 0.5) is 0 Å². The van der Waals surface area contributed by atoms with E-state index >= 15 is 0 Å². The standard InChI is InChI=1S/C15H18ClNOS/c1-2-12-7-8-14(19-12)15(18)13(9-17)10-3-5-11(16)6-4-10/h3-8,13,15,18H,2,9,17H2,1H3. The van der Waals surface area contributed by atoms with Crippen LogP contribution in [-0.2, 0) is 6.42 Å². The van der Waals surface area contributed by atoms with Crippen LogP contribution in [0.2, 0.25) is 5.02 Å². The van der Waals surface area contributed by atoms with Crippen LogP contribution in [0.25, 0.3) is 0 Å². The summed E-state index contributed by atoms with van der Waals surface area (Å²) >= 11 is 7.54. The molecular weight excluding hydrogens is 278 g/mol. The molecule has 102 valence electrons. The molecule has 3 N–H and O–H groups in total. The minimum Gasteiger partial charge on any atom is -0.387 e. The van der Waals surface area contributed by atoms with Crippen molar-refractivity contribution >= 4 is 22.9 Å². The zero-order chi connectivity index (χ0) is 13.8. The van der Waals surface area contributed by atoms with Crippen LogP contribution in [-0.4, -0.2) is 11.7 Å². The van der Waals surface area contributed by atoms with Crippen LogP contribution in [0, 0.1) is 0 Å². The molecule has 2 nitrogen and oxygen atoms in total. The summed E-state index contributed by atoms with van der Waals surface area (Å²) in [5.41, 5.74) is 6.85. The first kappa shape index (κ1) is 14.5. The Labute approximate surface area is 122 Å². The van der Waals surface area contributed by atoms with Gasteiger partial charge < -0.3 is 10.8 Å². The number of benzene rings is 1. The van der Waals surface area contributed by atoms with Crippen LogP contribution in [0.5, 0.6) is 0 Å². The van der Waals surface area contributed by atoms with Crippen molar-refractivity contribution in [1.82, 2.24) is 0 Å². The van der Waals surface area contributed by atoms with E-state index in [1.165, 1.54) is 4.88 Å². The van der Waals surface area contributed by atoms with Gasteiger partial charge in [-0.2, -0.15) is 0 Å². The molecule has 2 atom stereocenters. The second kappa shape index (κ2) is 6.53. The molecule has 0 aliphatic carbocycles. The van der Waals surface area contributed by atoms with E-state index in [1.54, 1.807) is 11.3 Å². The van der Waals surface area contributed by atoms with Crippen molar-refractivity contribution in [3.05, 3.63) is 56.7 Å². The number of rotatable bonds is 5. The van der Waals surface area contributed by atoms with Crippen molar-refractivity contribution in [3.63, 3.8) is 0 Å². The molecule has 1 heterocycles. The molecule has 0 fully saturated rings. The average Bonchev–Trinajstić information content (AvgIpc) is 2.90. The highest BCUT2D eigenvalue weighted by Gasteiger charge is 2.22. The van der Waals surface area contributed by atoms with E-state index in [0.29, 0.717) is 11.6 Å². The normalized spacial score (nSPS) is 14.3. The van der Waals surface area contributed by atoms with E-state index in [-0.39, 0.29) is 5.92 Å². The number of aliphatic hydroxyl groups is 1. The van der Waals surface area contributed by atoms with Gasteiger partial charge in [-0.25, -0.2) is 0 Å². The third-order valence-corrected chi connectivity index (χ3v) is 4.81. The lowest BCUT2D eigenvalue weighted by Gasteiger charge is -2.21. The van der Waals surface area contributed by atoms with Crippen LogP contribution in [0.15, 0.2) is 36.4 Å². The Kier molecular flexibility index (Phi) is 4.99.